The summed E-state index contributed by atoms with van der Waals surface area (Å²) in [6.45, 7) is 4.76. The third-order valence-corrected chi connectivity index (χ3v) is 1.30. The molecule has 0 bridgehead atoms. The Morgan fingerprint density at radius 1 is 1.46 bits per heavy atom. The van der Waals surface area contributed by atoms with E-state index in [1.807, 2.05) is 6.92 Å². The van der Waals surface area contributed by atoms with Gasteiger partial charge in [-0.15, -0.1) is 0 Å². The molecule has 0 saturated carbocycles. The van der Waals surface area contributed by atoms with Gasteiger partial charge >= 0.3 is 5.97 Å². The van der Waals surface area contributed by atoms with Crippen LogP contribution in [0.5, 0.6) is 0 Å². The molecule has 4 N–H and O–H groups in total. The number of ketones is 1. The first kappa shape index (κ1) is 14.6. The van der Waals surface area contributed by atoms with Crippen LogP contribution in [0.1, 0.15) is 27.2 Å². The van der Waals surface area contributed by atoms with Crippen molar-refractivity contribution in [1.82, 2.24) is 0 Å². The van der Waals surface area contributed by atoms with Gasteiger partial charge in [0.1, 0.15) is 11.8 Å². The van der Waals surface area contributed by atoms with Gasteiger partial charge in [-0.3, -0.25) is 4.79 Å². The van der Waals surface area contributed by atoms with E-state index in [1.165, 1.54) is 6.92 Å². The topological polar surface area (TPSA) is 101 Å². The summed E-state index contributed by atoms with van der Waals surface area (Å²) < 4.78 is 0. The molecule has 0 aromatic heterocycles. The minimum atomic E-state index is -1.18. The highest BCUT2D eigenvalue weighted by Gasteiger charge is 2.16. The smallest absolute Gasteiger partial charge is 0.323 e. The average molecular weight is 191 g/mol. The molecule has 0 saturated heterocycles. The molecule has 5 nitrogen and oxygen atoms in total. The first-order valence-electron chi connectivity index (χ1n) is 3.98. The number of nitrogens with two attached hydrogens (primary N) is 1. The molecule has 0 unspecified atom stereocenters. The van der Waals surface area contributed by atoms with Crippen LogP contribution < -0.4 is 5.73 Å². The summed E-state index contributed by atoms with van der Waals surface area (Å²) in [7, 11) is 0. The average Bonchev–Trinajstić information content (AvgIpc) is 2.03. The maximum atomic E-state index is 9.86. The van der Waals surface area contributed by atoms with Crippen LogP contribution in [0.2, 0.25) is 0 Å². The Morgan fingerprint density at radius 3 is 1.77 bits per heavy atom. The second-order valence-corrected chi connectivity index (χ2v) is 2.66. The summed E-state index contributed by atoms with van der Waals surface area (Å²) in [4.78, 5) is 19.7. The Morgan fingerprint density at radius 2 is 1.77 bits per heavy atom. The third kappa shape index (κ3) is 11.1. The lowest BCUT2D eigenvalue weighted by Crippen LogP contribution is -2.39. The number of carboxylic acid groups (broad SMARTS) is 1. The molecule has 0 heterocycles. The molecule has 0 amide bonds. The van der Waals surface area contributed by atoms with Crippen LogP contribution >= 0.6 is 0 Å². The number of aliphatic hydroxyl groups is 1. The fourth-order valence-electron chi connectivity index (χ4n) is 0.206. The number of hydrogen-bond donors (Lipinski definition) is 3. The Kier molecular flexibility index (Phi) is 8.63. The molecule has 0 fully saturated rings. The fraction of sp³-hybridized carbons (Fsp3) is 0.750. The second-order valence-electron chi connectivity index (χ2n) is 2.66. The van der Waals surface area contributed by atoms with Crippen molar-refractivity contribution in [2.75, 3.05) is 0 Å². The zero-order valence-corrected chi connectivity index (χ0v) is 8.15. The van der Waals surface area contributed by atoms with Crippen molar-refractivity contribution in [1.29, 1.82) is 0 Å². The van der Waals surface area contributed by atoms with Gasteiger partial charge in [0, 0.05) is 6.42 Å². The normalized spacial score (nSPS) is 13.6. The third-order valence-electron chi connectivity index (χ3n) is 1.30. The predicted octanol–water partition coefficient (Wildman–Crippen LogP) is -0.235. The molecule has 0 radical (unpaired) electrons. The Balaban J connectivity index is 0. The molecule has 13 heavy (non-hydrogen) atoms. The van der Waals surface area contributed by atoms with E-state index >= 15 is 0 Å². The van der Waals surface area contributed by atoms with Crippen molar-refractivity contribution in [2.24, 2.45) is 5.73 Å². The maximum Gasteiger partial charge on any atom is 0.323 e. The largest absolute Gasteiger partial charge is 0.480 e. The van der Waals surface area contributed by atoms with Crippen LogP contribution in [-0.2, 0) is 9.59 Å². The van der Waals surface area contributed by atoms with Gasteiger partial charge in [0.2, 0.25) is 0 Å². The molecule has 0 aliphatic carbocycles. The number of carbonyl (C=O) groups is 2. The minimum absolute atomic E-state index is 0.255. The summed E-state index contributed by atoms with van der Waals surface area (Å²) in [6.07, 6.45) is -0.313. The van der Waals surface area contributed by atoms with Crippen molar-refractivity contribution >= 4 is 11.8 Å². The van der Waals surface area contributed by atoms with Crippen molar-refractivity contribution in [3.05, 3.63) is 0 Å². The molecule has 78 valence electrons. The quantitative estimate of drug-likeness (QED) is 0.571. The number of Topliss-reactive ketones (excluding diaryl/α,β-unsaturated/α-hetero) is 1. The Labute approximate surface area is 77.6 Å². The molecule has 0 aromatic rings. The number of hydrogen-bond acceptors (Lipinski definition) is 4. The molecule has 5 heteroatoms. The van der Waals surface area contributed by atoms with E-state index in [4.69, 9.17) is 15.9 Å². The van der Waals surface area contributed by atoms with Crippen molar-refractivity contribution in [2.45, 2.75) is 39.3 Å². The highest BCUT2D eigenvalue weighted by Crippen LogP contribution is 1.85. The highest BCUT2D eigenvalue weighted by molar-refractivity contribution is 5.75. The molecular formula is C8H17NO4. The summed E-state index contributed by atoms with van der Waals surface area (Å²) in [6, 6.07) is -1.16. The molecule has 0 aliphatic rings. The van der Waals surface area contributed by atoms with E-state index in [0.29, 0.717) is 6.42 Å². The van der Waals surface area contributed by atoms with Crippen LogP contribution in [0.25, 0.3) is 0 Å². The van der Waals surface area contributed by atoms with E-state index in [2.05, 4.69) is 0 Å². The molecular weight excluding hydrogens is 174 g/mol. The second kappa shape index (κ2) is 7.70. The highest BCUT2D eigenvalue weighted by atomic mass is 16.4. The van der Waals surface area contributed by atoms with E-state index in [-0.39, 0.29) is 5.78 Å². The van der Waals surface area contributed by atoms with Gasteiger partial charge in [-0.05, 0) is 13.8 Å². The molecule has 0 aliphatic heterocycles. The maximum absolute atomic E-state index is 9.86. The summed E-state index contributed by atoms with van der Waals surface area (Å²) >= 11 is 0. The van der Waals surface area contributed by atoms with Gasteiger partial charge < -0.3 is 20.7 Å². The van der Waals surface area contributed by atoms with Crippen LogP contribution in [0.4, 0.5) is 0 Å². The van der Waals surface area contributed by atoms with Gasteiger partial charge in [-0.25, -0.2) is 0 Å². The molecule has 2 atom stereocenters. The zero-order valence-electron chi connectivity index (χ0n) is 8.15. The fourth-order valence-corrected chi connectivity index (χ4v) is 0.206. The van der Waals surface area contributed by atoms with Gasteiger partial charge in [0.15, 0.2) is 0 Å². The van der Waals surface area contributed by atoms with E-state index in [1.54, 1.807) is 6.92 Å². The van der Waals surface area contributed by atoms with Crippen molar-refractivity contribution < 1.29 is 19.8 Å². The molecule has 0 aromatic carbocycles. The number of aliphatic carboxylic acids is 1. The summed E-state index contributed by atoms with van der Waals surface area (Å²) in [5.41, 5.74) is 4.91. The summed E-state index contributed by atoms with van der Waals surface area (Å²) in [5.74, 6) is -0.926. The minimum Gasteiger partial charge on any atom is -0.480 e. The van der Waals surface area contributed by atoms with Gasteiger partial charge in [0.05, 0.1) is 6.10 Å². The first-order chi connectivity index (χ1) is 5.82. The van der Waals surface area contributed by atoms with Gasteiger partial charge in [-0.1, -0.05) is 6.92 Å². The molecule has 0 spiro atoms. The SMILES string of the molecule is CCC(C)=O.C[C@@H](O)[C@H](N)C(=O)O. The standard InChI is InChI=1S/C4H9NO3.C4H8O/c1-2(6)3(5)4(7)8;1-3-4(2)5/h2-3,6H,5H2,1H3,(H,7,8);3H2,1-2H3/t2-,3+;/m1./s1. The molecule has 0 rings (SSSR count). The van der Waals surface area contributed by atoms with Crippen LogP contribution in [0, 0.1) is 0 Å². The van der Waals surface area contributed by atoms with Gasteiger partial charge in [-0.2, -0.15) is 0 Å². The lowest BCUT2D eigenvalue weighted by molar-refractivity contribution is -0.140. The number of aliphatic hydroxyl groups excluding tert-OH is 1. The lowest BCUT2D eigenvalue weighted by Gasteiger charge is -2.06. The van der Waals surface area contributed by atoms with Crippen LogP contribution in [0.15, 0.2) is 0 Å². The number of carbonyl (C=O) groups excluding carboxylic acids is 1. The predicted molar refractivity (Wildman–Crippen MR) is 48.3 cm³/mol. The van der Waals surface area contributed by atoms with E-state index in [0.717, 1.165) is 0 Å². The lowest BCUT2D eigenvalue weighted by atomic mass is 10.2. The first-order valence-corrected chi connectivity index (χ1v) is 3.98. The number of rotatable bonds is 3. The van der Waals surface area contributed by atoms with Crippen LogP contribution in [-0.4, -0.2) is 34.1 Å². The monoisotopic (exact) mass is 191 g/mol. The number of carboxylic acids is 1. The van der Waals surface area contributed by atoms with E-state index in [9.17, 15) is 9.59 Å². The zero-order chi connectivity index (χ0) is 11.0. The Hall–Kier alpha value is -0.940. The summed E-state index contributed by atoms with van der Waals surface area (Å²) in [5, 5.41) is 16.6. The van der Waals surface area contributed by atoms with E-state index < -0.39 is 18.1 Å². The van der Waals surface area contributed by atoms with Crippen LogP contribution in [0.3, 0.4) is 0 Å². The van der Waals surface area contributed by atoms with Crippen molar-refractivity contribution in [3.63, 3.8) is 0 Å². The van der Waals surface area contributed by atoms with Gasteiger partial charge in [0.25, 0.3) is 0 Å². The Bertz CT molecular complexity index is 168. The van der Waals surface area contributed by atoms with Crippen molar-refractivity contribution in [3.8, 4) is 0 Å².